The number of hydrogen-bond acceptors (Lipinski definition) is 3. The van der Waals surface area contributed by atoms with Crippen LogP contribution < -0.4 is 10.6 Å². The molecule has 1 atom stereocenters. The van der Waals surface area contributed by atoms with Gasteiger partial charge in [-0.05, 0) is 37.8 Å². The monoisotopic (exact) mass is 420 g/mol. The van der Waals surface area contributed by atoms with E-state index in [2.05, 4.69) is 62.6 Å². The van der Waals surface area contributed by atoms with Crippen molar-refractivity contribution in [3.63, 3.8) is 0 Å². The van der Waals surface area contributed by atoms with Crippen LogP contribution in [-0.4, -0.2) is 18.0 Å². The van der Waals surface area contributed by atoms with Crippen LogP contribution in [0.1, 0.15) is 81.1 Å². The molecule has 4 nitrogen and oxygen atoms in total. The Hall–Kier alpha value is -2.59. The summed E-state index contributed by atoms with van der Waals surface area (Å²) in [4.78, 5) is 13.3. The van der Waals surface area contributed by atoms with Crippen molar-refractivity contribution < 1.29 is 9.21 Å². The van der Waals surface area contributed by atoms with E-state index in [1.54, 1.807) is 0 Å². The zero-order valence-corrected chi connectivity index (χ0v) is 19.3. The standard InChI is InChI=1S/C27H36N2O2/c1-5-8-17-24-25(22-16-12-13-18-23(22)31-24)26(30)28-19-27(6-2,7-3)29-20(4)21-14-10-9-11-15-21/h9-16,18,20,29H,5-8,17,19H2,1-4H3,(H,28,30). The molecule has 1 aromatic heterocycles. The number of unbranched alkanes of at least 4 members (excludes halogenated alkanes) is 1. The van der Waals surface area contributed by atoms with Gasteiger partial charge in [0.2, 0.25) is 0 Å². The average molecular weight is 421 g/mol. The summed E-state index contributed by atoms with van der Waals surface area (Å²) in [6, 6.07) is 18.5. The molecule has 0 spiro atoms. The van der Waals surface area contributed by atoms with Crippen molar-refractivity contribution in [3.8, 4) is 0 Å². The third-order valence-electron chi connectivity index (χ3n) is 6.42. The fourth-order valence-corrected chi connectivity index (χ4v) is 4.24. The van der Waals surface area contributed by atoms with Gasteiger partial charge in [0, 0.05) is 29.9 Å². The van der Waals surface area contributed by atoms with Gasteiger partial charge in [0.25, 0.3) is 5.91 Å². The van der Waals surface area contributed by atoms with Crippen LogP contribution in [0, 0.1) is 0 Å². The Balaban J connectivity index is 1.78. The molecule has 1 unspecified atom stereocenters. The molecule has 166 valence electrons. The predicted molar refractivity (Wildman–Crippen MR) is 128 cm³/mol. The third-order valence-corrected chi connectivity index (χ3v) is 6.42. The second-order valence-electron chi connectivity index (χ2n) is 8.45. The zero-order chi connectivity index (χ0) is 22.3. The highest BCUT2D eigenvalue weighted by molar-refractivity contribution is 6.07. The second kappa shape index (κ2) is 10.6. The Morgan fingerprint density at radius 1 is 1.00 bits per heavy atom. The first-order chi connectivity index (χ1) is 15.0. The summed E-state index contributed by atoms with van der Waals surface area (Å²) in [7, 11) is 0. The van der Waals surface area contributed by atoms with Crippen molar-refractivity contribution in [2.75, 3.05) is 6.54 Å². The molecule has 0 aliphatic carbocycles. The maximum Gasteiger partial charge on any atom is 0.255 e. The normalized spacial score (nSPS) is 12.8. The molecule has 31 heavy (non-hydrogen) atoms. The Bertz CT molecular complexity index is 973. The maximum atomic E-state index is 13.3. The number of fused-ring (bicyclic) bond motifs is 1. The summed E-state index contributed by atoms with van der Waals surface area (Å²) in [6.45, 7) is 9.27. The van der Waals surface area contributed by atoms with Crippen molar-refractivity contribution in [1.82, 2.24) is 10.6 Å². The summed E-state index contributed by atoms with van der Waals surface area (Å²) in [5.41, 5.74) is 2.56. The molecule has 1 heterocycles. The lowest BCUT2D eigenvalue weighted by molar-refractivity contribution is 0.0933. The minimum absolute atomic E-state index is 0.0449. The second-order valence-corrected chi connectivity index (χ2v) is 8.45. The number of para-hydroxylation sites is 1. The number of amides is 1. The number of aryl methyl sites for hydroxylation is 1. The van der Waals surface area contributed by atoms with Gasteiger partial charge in [-0.2, -0.15) is 0 Å². The number of nitrogens with one attached hydrogen (secondary N) is 2. The summed E-state index contributed by atoms with van der Waals surface area (Å²) in [5, 5.41) is 7.93. The first-order valence-corrected chi connectivity index (χ1v) is 11.6. The van der Waals surface area contributed by atoms with E-state index in [1.807, 2.05) is 30.3 Å². The van der Waals surface area contributed by atoms with E-state index < -0.39 is 0 Å². The van der Waals surface area contributed by atoms with Crippen LogP contribution in [0.5, 0.6) is 0 Å². The molecule has 3 rings (SSSR count). The molecule has 0 aliphatic heterocycles. The lowest BCUT2D eigenvalue weighted by atomic mass is 9.90. The van der Waals surface area contributed by atoms with Gasteiger partial charge in [-0.15, -0.1) is 0 Å². The summed E-state index contributed by atoms with van der Waals surface area (Å²) >= 11 is 0. The van der Waals surface area contributed by atoms with E-state index in [-0.39, 0.29) is 17.5 Å². The van der Waals surface area contributed by atoms with Crippen LogP contribution in [-0.2, 0) is 6.42 Å². The number of hydrogen-bond donors (Lipinski definition) is 2. The number of carbonyl (C=O) groups excluding carboxylic acids is 1. The van der Waals surface area contributed by atoms with E-state index >= 15 is 0 Å². The first-order valence-electron chi connectivity index (χ1n) is 11.6. The largest absolute Gasteiger partial charge is 0.460 e. The van der Waals surface area contributed by atoms with Crippen LogP contribution in [0.3, 0.4) is 0 Å². The van der Waals surface area contributed by atoms with E-state index in [1.165, 1.54) is 5.56 Å². The molecule has 0 saturated heterocycles. The highest BCUT2D eigenvalue weighted by Gasteiger charge is 2.30. The smallest absolute Gasteiger partial charge is 0.255 e. The molecule has 0 saturated carbocycles. The fraction of sp³-hybridized carbons (Fsp3) is 0.444. The van der Waals surface area contributed by atoms with Crippen molar-refractivity contribution in [1.29, 1.82) is 0 Å². The first kappa shape index (κ1) is 23.1. The molecule has 0 bridgehead atoms. The number of carbonyl (C=O) groups is 1. The predicted octanol–water partition coefficient (Wildman–Crippen LogP) is 6.41. The summed E-state index contributed by atoms with van der Waals surface area (Å²) in [6.07, 6.45) is 4.70. The van der Waals surface area contributed by atoms with Gasteiger partial charge in [0.1, 0.15) is 11.3 Å². The average Bonchev–Trinajstić information content (AvgIpc) is 3.19. The Labute approximate surface area is 186 Å². The molecule has 2 aromatic carbocycles. The molecule has 0 radical (unpaired) electrons. The van der Waals surface area contributed by atoms with Crippen LogP contribution in [0.15, 0.2) is 59.0 Å². The van der Waals surface area contributed by atoms with E-state index in [0.29, 0.717) is 12.1 Å². The van der Waals surface area contributed by atoms with E-state index in [4.69, 9.17) is 4.42 Å². The van der Waals surface area contributed by atoms with Gasteiger partial charge in [-0.3, -0.25) is 4.79 Å². The zero-order valence-electron chi connectivity index (χ0n) is 19.3. The fourth-order valence-electron chi connectivity index (χ4n) is 4.24. The van der Waals surface area contributed by atoms with Gasteiger partial charge < -0.3 is 15.1 Å². The Morgan fingerprint density at radius 2 is 1.68 bits per heavy atom. The molecule has 1 amide bonds. The van der Waals surface area contributed by atoms with Gasteiger partial charge in [0.15, 0.2) is 0 Å². The highest BCUT2D eigenvalue weighted by Crippen LogP contribution is 2.28. The Kier molecular flexibility index (Phi) is 7.91. The lowest BCUT2D eigenvalue weighted by Gasteiger charge is -2.36. The number of rotatable bonds is 11. The van der Waals surface area contributed by atoms with Gasteiger partial charge in [-0.1, -0.05) is 75.7 Å². The van der Waals surface area contributed by atoms with E-state index in [9.17, 15) is 4.79 Å². The van der Waals surface area contributed by atoms with Crippen LogP contribution in [0.25, 0.3) is 11.0 Å². The maximum absolute atomic E-state index is 13.3. The Morgan fingerprint density at radius 3 is 2.35 bits per heavy atom. The molecule has 0 aliphatic rings. The van der Waals surface area contributed by atoms with Gasteiger partial charge in [-0.25, -0.2) is 0 Å². The lowest BCUT2D eigenvalue weighted by Crippen LogP contribution is -2.53. The van der Waals surface area contributed by atoms with Gasteiger partial charge >= 0.3 is 0 Å². The summed E-state index contributed by atoms with van der Waals surface area (Å²) in [5.74, 6) is 0.751. The van der Waals surface area contributed by atoms with E-state index in [0.717, 1.165) is 48.8 Å². The minimum atomic E-state index is -0.173. The highest BCUT2D eigenvalue weighted by atomic mass is 16.3. The van der Waals surface area contributed by atoms with Crippen molar-refractivity contribution >= 4 is 16.9 Å². The summed E-state index contributed by atoms with van der Waals surface area (Å²) < 4.78 is 6.05. The van der Waals surface area contributed by atoms with Crippen LogP contribution in [0.4, 0.5) is 0 Å². The van der Waals surface area contributed by atoms with Crippen molar-refractivity contribution in [2.45, 2.75) is 71.4 Å². The number of benzene rings is 2. The SMILES string of the molecule is CCCCc1oc2ccccc2c1C(=O)NCC(CC)(CC)NC(C)c1ccccc1. The molecule has 0 fully saturated rings. The minimum Gasteiger partial charge on any atom is -0.460 e. The van der Waals surface area contributed by atoms with Crippen LogP contribution in [0.2, 0.25) is 0 Å². The van der Waals surface area contributed by atoms with Crippen molar-refractivity contribution in [2.24, 2.45) is 0 Å². The quantitative estimate of drug-likeness (QED) is 0.376. The van der Waals surface area contributed by atoms with Gasteiger partial charge in [0.05, 0.1) is 5.56 Å². The molecular formula is C27H36N2O2. The van der Waals surface area contributed by atoms with Crippen LogP contribution >= 0.6 is 0 Å². The van der Waals surface area contributed by atoms with Crippen molar-refractivity contribution in [3.05, 3.63) is 71.5 Å². The third kappa shape index (κ3) is 5.37. The molecular weight excluding hydrogens is 384 g/mol. The molecule has 2 N–H and O–H groups in total. The molecule has 3 aromatic rings. The molecule has 4 heteroatoms. The topological polar surface area (TPSA) is 54.3 Å². The number of furan rings is 1.